The van der Waals surface area contributed by atoms with E-state index in [2.05, 4.69) is 79.4 Å². The van der Waals surface area contributed by atoms with Crippen molar-refractivity contribution in [1.29, 1.82) is 0 Å². The van der Waals surface area contributed by atoms with E-state index in [-0.39, 0.29) is 23.7 Å². The second-order valence-corrected chi connectivity index (χ2v) is 24.5. The second-order valence-electron chi connectivity index (χ2n) is 21.7. The average Bonchev–Trinajstić information content (AvgIpc) is 4.17. The number of anilines is 2. The summed E-state index contributed by atoms with van der Waals surface area (Å²) >= 11 is 8.21. The minimum Gasteiger partial charge on any atom is -0.481 e. The highest BCUT2D eigenvalue weighted by Crippen LogP contribution is 2.58. The third kappa shape index (κ3) is 12.9. The van der Waals surface area contributed by atoms with E-state index in [0.29, 0.717) is 39.2 Å². The number of benzene rings is 3. The molecule has 0 bridgehead atoms. The molecule has 0 spiro atoms. The zero-order chi connectivity index (χ0) is 51.3. The van der Waals surface area contributed by atoms with Crippen LogP contribution in [-0.2, 0) is 31.0 Å². The summed E-state index contributed by atoms with van der Waals surface area (Å²) in [6.45, 7) is 4.58. The lowest BCUT2D eigenvalue weighted by atomic mass is 9.70. The normalized spacial score (nSPS) is 20.6. The Morgan fingerprint density at radius 1 is 0.685 bits per heavy atom. The van der Waals surface area contributed by atoms with Gasteiger partial charge in [0.05, 0.1) is 10.3 Å². The number of carboxylic acids is 2. The van der Waals surface area contributed by atoms with Crippen LogP contribution in [0.3, 0.4) is 0 Å². The van der Waals surface area contributed by atoms with Gasteiger partial charge in [0.2, 0.25) is 5.91 Å². The molecule has 3 aromatic carbocycles. The van der Waals surface area contributed by atoms with Crippen molar-refractivity contribution in [2.24, 2.45) is 0 Å². The van der Waals surface area contributed by atoms with Gasteiger partial charge in [-0.3, -0.25) is 29.0 Å². The van der Waals surface area contributed by atoms with Gasteiger partial charge in [-0.1, -0.05) is 220 Å². The first-order valence-electron chi connectivity index (χ1n) is 28.4. The third-order valence-electron chi connectivity index (χ3n) is 16.6. The van der Waals surface area contributed by atoms with Gasteiger partial charge in [0.1, 0.15) is 15.8 Å². The van der Waals surface area contributed by atoms with Gasteiger partial charge in [-0.25, -0.2) is 0 Å². The Morgan fingerprint density at radius 3 is 1.99 bits per heavy atom. The largest absolute Gasteiger partial charge is 0.481 e. The molecule has 2 aliphatic carbocycles. The Bertz CT molecular complexity index is 2460. The average molecular weight is 1050 g/mol. The highest BCUT2D eigenvalue weighted by Gasteiger charge is 2.47. The molecule has 5 aliphatic rings. The number of unbranched alkanes of at least 4 members (excludes halogenated alkanes) is 18. The molecule has 12 heteroatoms. The number of carbonyl (C=O) groups is 4. The number of hydrogen-bond acceptors (Lipinski definition) is 8. The first kappa shape index (κ1) is 55.1. The van der Waals surface area contributed by atoms with Gasteiger partial charge < -0.3 is 15.1 Å². The van der Waals surface area contributed by atoms with E-state index in [1.807, 2.05) is 0 Å². The van der Waals surface area contributed by atoms with Gasteiger partial charge in [-0.15, -0.1) is 0 Å². The van der Waals surface area contributed by atoms with Crippen LogP contribution in [0.25, 0.3) is 11.1 Å². The van der Waals surface area contributed by atoms with Crippen molar-refractivity contribution in [1.82, 2.24) is 9.80 Å². The molecule has 3 unspecified atom stereocenters. The van der Waals surface area contributed by atoms with Crippen LogP contribution in [0.2, 0.25) is 0 Å². The van der Waals surface area contributed by atoms with Crippen LogP contribution in [0.4, 0.5) is 11.4 Å². The topological polar surface area (TPSA) is 118 Å². The maximum atomic E-state index is 14.2. The van der Waals surface area contributed by atoms with Gasteiger partial charge in [-0.2, -0.15) is 0 Å². The molecule has 2 N–H and O–H groups in total. The van der Waals surface area contributed by atoms with Crippen LogP contribution >= 0.6 is 35.7 Å². The number of carbonyl (C=O) groups excluding carboxylic acids is 2. The Labute approximate surface area is 450 Å². The summed E-state index contributed by atoms with van der Waals surface area (Å²) in [5.41, 5.74) is 10.8. The first-order chi connectivity index (χ1) is 35.6. The van der Waals surface area contributed by atoms with E-state index in [1.54, 1.807) is 4.90 Å². The summed E-state index contributed by atoms with van der Waals surface area (Å²) in [6, 6.07) is 23.9. The molecule has 2 amide bonds. The van der Waals surface area contributed by atoms with Crippen LogP contribution in [0.1, 0.15) is 215 Å². The Balaban J connectivity index is 0.977. The van der Waals surface area contributed by atoms with Crippen LogP contribution in [-0.4, -0.2) is 72.5 Å². The smallest absolute Gasteiger partial charge is 0.323 e. The van der Waals surface area contributed by atoms with Crippen molar-refractivity contribution < 1.29 is 29.4 Å². The predicted octanol–water partition coefficient (Wildman–Crippen LogP) is 15.8. The Kier molecular flexibility index (Phi) is 20.1. The molecule has 9 nitrogen and oxygen atoms in total. The fraction of sp³-hybridized carbons (Fsp3) is 0.590. The summed E-state index contributed by atoms with van der Waals surface area (Å²) in [5.74, 6) is -1.98. The number of carboxylic acid groups (broad SMARTS) is 2. The third-order valence-corrected chi connectivity index (χ3v) is 19.4. The molecule has 0 aromatic heterocycles. The summed E-state index contributed by atoms with van der Waals surface area (Å²) in [5, 5.41) is 18.7. The van der Waals surface area contributed by atoms with Crippen LogP contribution in [0.5, 0.6) is 0 Å². The predicted molar refractivity (Wildman–Crippen MR) is 305 cm³/mol. The van der Waals surface area contributed by atoms with E-state index < -0.39 is 23.7 Å². The van der Waals surface area contributed by atoms with Gasteiger partial charge >= 0.3 is 11.9 Å². The molecule has 394 valence electrons. The van der Waals surface area contributed by atoms with Crippen molar-refractivity contribution in [3.8, 4) is 11.1 Å². The summed E-state index contributed by atoms with van der Waals surface area (Å²) in [7, 11) is 0. The second kappa shape index (κ2) is 26.6. The SMILES string of the molecule is CCCCCCCCC1(CCCCCCCC)c2ccccc2-c2ccc(N3c4ccc(CC5SC(=C6SC(=S)N(CCCCCCCCCCCC(=O)O)C6=O)N(CC(=O)O)C5=O)cc4C4CCCC43)cc21. The number of aliphatic carboxylic acids is 2. The van der Waals surface area contributed by atoms with Crippen molar-refractivity contribution in [3.63, 3.8) is 0 Å². The van der Waals surface area contributed by atoms with E-state index in [9.17, 15) is 24.3 Å². The summed E-state index contributed by atoms with van der Waals surface area (Å²) in [6.07, 6.45) is 30.9. The minimum absolute atomic E-state index is 0.00639. The van der Waals surface area contributed by atoms with E-state index in [1.165, 1.54) is 164 Å². The minimum atomic E-state index is -1.12. The van der Waals surface area contributed by atoms with Crippen molar-refractivity contribution >= 4 is 75.2 Å². The number of thioether (sulfide) groups is 2. The number of rotatable bonds is 31. The van der Waals surface area contributed by atoms with Crippen LogP contribution in [0, 0.1) is 0 Å². The quantitative estimate of drug-likeness (QED) is 0.0366. The summed E-state index contributed by atoms with van der Waals surface area (Å²) in [4.78, 5) is 57.1. The van der Waals surface area contributed by atoms with Gasteiger partial charge in [0.15, 0.2) is 0 Å². The van der Waals surface area contributed by atoms with E-state index in [4.69, 9.17) is 17.3 Å². The molecular weight excluding hydrogens is 967 g/mol. The number of amides is 2. The molecule has 3 atom stereocenters. The summed E-state index contributed by atoms with van der Waals surface area (Å²) < 4.78 is 0.448. The van der Waals surface area contributed by atoms with Crippen LogP contribution in [0.15, 0.2) is 70.6 Å². The molecular formula is C61H81N3O6S3. The first-order valence-corrected chi connectivity index (χ1v) is 30.5. The molecule has 3 heterocycles. The standard InChI is InChI=1S/C61H81N3O6S3/c1-3-5-7-9-17-23-36-61(37-24-18-10-8-6-4-2)49-29-22-21-27-45(49)46-34-33-44(41-50(46)61)64-51-30-26-28-47(51)48-39-43(32-35-52(48)64)40-53-57(69)63(42-55(67)68)59(72-53)56-58(70)62(60(71)73-56)38-25-19-15-13-11-12-14-16-20-31-54(65)66/h21-22,27,29,32-35,39,41,47,51,53H,3-20,23-26,28,30-31,36-38,40,42H2,1-2H3,(H,65,66)(H,67,68). The maximum absolute atomic E-state index is 14.2. The monoisotopic (exact) mass is 1050 g/mol. The van der Waals surface area contributed by atoms with Gasteiger partial charge in [0, 0.05) is 41.7 Å². The maximum Gasteiger partial charge on any atom is 0.323 e. The van der Waals surface area contributed by atoms with E-state index >= 15 is 0 Å². The fourth-order valence-electron chi connectivity index (χ4n) is 12.9. The Hall–Kier alpha value is -4.13. The van der Waals surface area contributed by atoms with Gasteiger partial charge in [0.25, 0.3) is 5.91 Å². The molecule has 3 fully saturated rings. The highest BCUT2D eigenvalue weighted by molar-refractivity contribution is 8.27. The van der Waals surface area contributed by atoms with Crippen molar-refractivity contribution in [2.75, 3.05) is 18.0 Å². The molecule has 0 radical (unpaired) electrons. The lowest BCUT2D eigenvalue weighted by Crippen LogP contribution is -2.35. The Morgan fingerprint density at radius 2 is 1.32 bits per heavy atom. The van der Waals surface area contributed by atoms with Crippen LogP contribution < -0.4 is 4.90 Å². The van der Waals surface area contributed by atoms with Crippen molar-refractivity contribution in [3.05, 3.63) is 92.9 Å². The number of fused-ring (bicyclic) bond motifs is 6. The lowest BCUT2D eigenvalue weighted by molar-refractivity contribution is -0.142. The molecule has 8 rings (SSSR count). The zero-order valence-electron chi connectivity index (χ0n) is 43.8. The lowest BCUT2D eigenvalue weighted by Gasteiger charge is -2.34. The molecule has 73 heavy (non-hydrogen) atoms. The molecule has 3 aromatic rings. The molecule has 1 saturated carbocycles. The molecule has 2 saturated heterocycles. The zero-order valence-corrected chi connectivity index (χ0v) is 46.3. The number of hydrogen-bond donors (Lipinski definition) is 2. The van der Waals surface area contributed by atoms with Crippen molar-refractivity contribution in [2.45, 2.75) is 216 Å². The van der Waals surface area contributed by atoms with E-state index in [0.717, 1.165) is 76.2 Å². The van der Waals surface area contributed by atoms with Gasteiger partial charge in [-0.05, 0) is 96.5 Å². The fourth-order valence-corrected chi connectivity index (χ4v) is 15.7. The highest BCUT2D eigenvalue weighted by atomic mass is 32.2. The number of nitrogens with zero attached hydrogens (tertiary/aromatic N) is 3. The molecule has 3 aliphatic heterocycles. The number of thiocarbonyl (C=S) groups is 1.